The Kier molecular flexibility index (Phi) is 4.55. The van der Waals surface area contributed by atoms with Crippen LogP contribution in [0.15, 0.2) is 18.5 Å². The first-order chi connectivity index (χ1) is 12.1. The molecule has 0 saturated carbocycles. The third-order valence-corrected chi connectivity index (χ3v) is 4.07. The molecule has 2 aromatic heterocycles. The molecule has 0 saturated heterocycles. The number of aromatic nitrogens is 4. The fourth-order valence-corrected chi connectivity index (χ4v) is 2.77. The van der Waals surface area contributed by atoms with Crippen molar-refractivity contribution in [2.45, 2.75) is 19.5 Å². The molecular weight excluding hydrogens is 386 g/mol. The van der Waals surface area contributed by atoms with Crippen molar-refractivity contribution in [2.75, 3.05) is 0 Å². The fraction of sp³-hybridized carbons (Fsp3) is 0.267. The molecule has 4 nitrogen and oxygen atoms in total. The van der Waals surface area contributed by atoms with E-state index in [0.717, 1.165) is 17.8 Å². The first-order valence-corrected chi connectivity index (χ1v) is 7.57. The van der Waals surface area contributed by atoms with Gasteiger partial charge in [0.25, 0.3) is 5.78 Å². The number of hydrogen-bond donors (Lipinski definition) is 0. The molecule has 0 radical (unpaired) electrons. The van der Waals surface area contributed by atoms with Crippen molar-refractivity contribution >= 4 is 17.4 Å². The van der Waals surface area contributed by atoms with Crippen LogP contribution in [0.5, 0.6) is 0 Å². The monoisotopic (exact) mass is 394 g/mol. The molecule has 2 heterocycles. The van der Waals surface area contributed by atoms with E-state index in [1.54, 1.807) is 0 Å². The van der Waals surface area contributed by atoms with Crippen molar-refractivity contribution in [1.29, 1.82) is 0 Å². The summed E-state index contributed by atoms with van der Waals surface area (Å²) < 4.78 is 81.6. The smallest absolute Gasteiger partial charge is 0.207 e. The first-order valence-electron chi connectivity index (χ1n) is 7.19. The number of rotatable bonds is 3. The minimum Gasteiger partial charge on any atom is -0.207 e. The molecule has 11 heteroatoms. The Morgan fingerprint density at radius 1 is 1.12 bits per heavy atom. The third-order valence-electron chi connectivity index (χ3n) is 3.79. The molecule has 0 aliphatic rings. The summed E-state index contributed by atoms with van der Waals surface area (Å²) in [5, 5.41) is 3.28. The number of alkyl halides is 3. The summed E-state index contributed by atoms with van der Waals surface area (Å²) in [4.78, 5) is 7.52. The fourth-order valence-electron chi connectivity index (χ4n) is 2.49. The molecule has 138 valence electrons. The van der Waals surface area contributed by atoms with E-state index in [1.165, 1.54) is 0 Å². The molecule has 26 heavy (non-hydrogen) atoms. The summed E-state index contributed by atoms with van der Waals surface area (Å²) in [6.45, 7) is 0.901. The Morgan fingerprint density at radius 2 is 1.73 bits per heavy atom. The van der Waals surface area contributed by atoms with Crippen LogP contribution in [0.25, 0.3) is 16.9 Å². The molecule has 0 amide bonds. The standard InChI is InChI=1S/C15H9ClF6N4/c1-6(15(20,21)22)2-10-12(11-8(18)3-7(17)4-9(11)19)13(16)25-14-23-5-24-26(10)14/h3-6H,2H2,1H3. The third kappa shape index (κ3) is 3.20. The first kappa shape index (κ1) is 18.4. The van der Waals surface area contributed by atoms with Gasteiger partial charge in [0.05, 0.1) is 17.2 Å². The SMILES string of the molecule is CC(Cc1c(-c2c(F)cc(F)cc2F)c(Cl)nc2ncnn12)C(F)(F)F. The van der Waals surface area contributed by atoms with Crippen LogP contribution in [0, 0.1) is 23.4 Å². The van der Waals surface area contributed by atoms with Crippen molar-refractivity contribution in [2.24, 2.45) is 5.92 Å². The van der Waals surface area contributed by atoms with Gasteiger partial charge in [-0.25, -0.2) is 17.7 Å². The zero-order valence-corrected chi connectivity index (χ0v) is 13.7. The number of hydrogen-bond acceptors (Lipinski definition) is 3. The van der Waals surface area contributed by atoms with Crippen molar-refractivity contribution in [3.05, 3.63) is 46.8 Å². The highest BCUT2D eigenvalue weighted by Gasteiger charge is 2.37. The zero-order chi connectivity index (χ0) is 19.2. The van der Waals surface area contributed by atoms with Crippen molar-refractivity contribution < 1.29 is 26.3 Å². The number of fused-ring (bicyclic) bond motifs is 1. The molecule has 1 aromatic carbocycles. The molecule has 0 aliphatic heterocycles. The summed E-state index contributed by atoms with van der Waals surface area (Å²) in [6.07, 6.45) is -4.25. The Balaban J connectivity index is 2.32. The molecule has 3 aromatic rings. The molecule has 0 N–H and O–H groups in total. The maximum absolute atomic E-state index is 14.2. The van der Waals surface area contributed by atoms with Crippen LogP contribution < -0.4 is 0 Å². The summed E-state index contributed by atoms with van der Waals surface area (Å²) in [6, 6.07) is 0.800. The van der Waals surface area contributed by atoms with Crippen LogP contribution in [-0.2, 0) is 6.42 Å². The Hall–Kier alpha value is -2.36. The van der Waals surface area contributed by atoms with Gasteiger partial charge in [0.1, 0.15) is 28.9 Å². The van der Waals surface area contributed by atoms with E-state index in [1.807, 2.05) is 0 Å². The van der Waals surface area contributed by atoms with Gasteiger partial charge < -0.3 is 0 Å². The maximum atomic E-state index is 14.2. The van der Waals surface area contributed by atoms with Crippen molar-refractivity contribution in [3.8, 4) is 11.1 Å². The lowest BCUT2D eigenvalue weighted by molar-refractivity contribution is -0.169. The van der Waals surface area contributed by atoms with Crippen LogP contribution in [-0.4, -0.2) is 25.8 Å². The minimum atomic E-state index is -4.57. The second-order valence-electron chi connectivity index (χ2n) is 5.59. The van der Waals surface area contributed by atoms with Crippen LogP contribution in [0.2, 0.25) is 5.15 Å². The maximum Gasteiger partial charge on any atom is 0.391 e. The highest BCUT2D eigenvalue weighted by Crippen LogP contribution is 2.38. The number of nitrogens with zero attached hydrogens (tertiary/aromatic N) is 4. The van der Waals surface area contributed by atoms with E-state index >= 15 is 0 Å². The lowest BCUT2D eigenvalue weighted by atomic mass is 9.97. The lowest BCUT2D eigenvalue weighted by Gasteiger charge is -2.19. The summed E-state index contributed by atoms with van der Waals surface area (Å²) in [5.41, 5.74) is -1.46. The van der Waals surface area contributed by atoms with E-state index in [4.69, 9.17) is 11.6 Å². The molecule has 0 spiro atoms. The van der Waals surface area contributed by atoms with Gasteiger partial charge in [-0.05, 0) is 0 Å². The van der Waals surface area contributed by atoms with Gasteiger partial charge in [0, 0.05) is 24.1 Å². The molecule has 1 unspecified atom stereocenters. The molecule has 1 atom stereocenters. The number of halogens is 7. The second kappa shape index (κ2) is 6.42. The van der Waals surface area contributed by atoms with E-state index < -0.39 is 52.2 Å². The van der Waals surface area contributed by atoms with E-state index in [-0.39, 0.29) is 11.5 Å². The van der Waals surface area contributed by atoms with E-state index in [2.05, 4.69) is 15.1 Å². The highest BCUT2D eigenvalue weighted by atomic mass is 35.5. The Labute approximate surface area is 147 Å². The van der Waals surface area contributed by atoms with Gasteiger partial charge in [0.2, 0.25) is 0 Å². The summed E-state index contributed by atoms with van der Waals surface area (Å²) in [7, 11) is 0. The van der Waals surface area contributed by atoms with Gasteiger partial charge in [-0.3, -0.25) is 0 Å². The minimum absolute atomic E-state index is 0.133. The van der Waals surface area contributed by atoms with Gasteiger partial charge >= 0.3 is 6.18 Å². The predicted octanol–water partition coefficient (Wildman–Crippen LogP) is 4.60. The lowest BCUT2D eigenvalue weighted by Crippen LogP contribution is -2.23. The normalized spacial score (nSPS) is 13.4. The second-order valence-corrected chi connectivity index (χ2v) is 5.95. The Bertz CT molecular complexity index is 961. The summed E-state index contributed by atoms with van der Waals surface area (Å²) in [5.74, 6) is -5.84. The van der Waals surface area contributed by atoms with E-state index in [0.29, 0.717) is 12.1 Å². The van der Waals surface area contributed by atoms with Gasteiger partial charge in [-0.15, -0.1) is 0 Å². The molecule has 0 aliphatic carbocycles. The highest BCUT2D eigenvalue weighted by molar-refractivity contribution is 6.32. The quantitative estimate of drug-likeness (QED) is 0.481. The van der Waals surface area contributed by atoms with Crippen molar-refractivity contribution in [1.82, 2.24) is 19.6 Å². The topological polar surface area (TPSA) is 43.1 Å². The molecule has 3 rings (SSSR count). The van der Waals surface area contributed by atoms with Gasteiger partial charge in [0.15, 0.2) is 0 Å². The average molecular weight is 395 g/mol. The molecule has 0 bridgehead atoms. The largest absolute Gasteiger partial charge is 0.391 e. The van der Waals surface area contributed by atoms with Gasteiger partial charge in [-0.2, -0.15) is 28.2 Å². The van der Waals surface area contributed by atoms with Crippen LogP contribution in [0.3, 0.4) is 0 Å². The van der Waals surface area contributed by atoms with Gasteiger partial charge in [-0.1, -0.05) is 18.5 Å². The van der Waals surface area contributed by atoms with Crippen LogP contribution in [0.1, 0.15) is 12.6 Å². The van der Waals surface area contributed by atoms with Crippen molar-refractivity contribution in [3.63, 3.8) is 0 Å². The van der Waals surface area contributed by atoms with Crippen LogP contribution >= 0.6 is 11.6 Å². The molecule has 0 fully saturated rings. The predicted molar refractivity (Wildman–Crippen MR) is 80.0 cm³/mol. The van der Waals surface area contributed by atoms with E-state index in [9.17, 15) is 26.3 Å². The molecular formula is C15H9ClF6N4. The number of benzene rings is 1. The summed E-state index contributed by atoms with van der Waals surface area (Å²) >= 11 is 5.98. The van der Waals surface area contributed by atoms with Crippen LogP contribution in [0.4, 0.5) is 26.3 Å². The zero-order valence-electron chi connectivity index (χ0n) is 13.0. The Morgan fingerprint density at radius 3 is 2.31 bits per heavy atom. The average Bonchev–Trinajstić information content (AvgIpc) is 2.95.